The van der Waals surface area contributed by atoms with E-state index >= 15 is 0 Å². The minimum atomic E-state index is -3.41. The SMILES string of the molecule is CN1CCN2CCN(S(=O)(=O)N3CCCCC3)CC2C1=O. The summed E-state index contributed by atoms with van der Waals surface area (Å²) >= 11 is 0. The Morgan fingerprint density at radius 1 is 0.905 bits per heavy atom. The molecule has 1 unspecified atom stereocenters. The van der Waals surface area contributed by atoms with Crippen LogP contribution in [-0.2, 0) is 15.0 Å². The minimum Gasteiger partial charge on any atom is -0.343 e. The lowest BCUT2D eigenvalue weighted by Crippen LogP contribution is -2.65. The second kappa shape index (κ2) is 5.83. The number of piperazine rings is 2. The van der Waals surface area contributed by atoms with Crippen molar-refractivity contribution in [3.8, 4) is 0 Å². The zero-order valence-corrected chi connectivity index (χ0v) is 13.4. The molecule has 0 spiro atoms. The number of hydrogen-bond acceptors (Lipinski definition) is 4. The fourth-order valence-electron chi connectivity index (χ4n) is 3.41. The highest BCUT2D eigenvalue weighted by atomic mass is 32.2. The Morgan fingerprint density at radius 3 is 2.29 bits per heavy atom. The lowest BCUT2D eigenvalue weighted by molar-refractivity contribution is -0.142. The van der Waals surface area contributed by atoms with E-state index in [1.54, 1.807) is 16.3 Å². The normalized spacial score (nSPS) is 30.4. The van der Waals surface area contributed by atoms with Gasteiger partial charge in [-0.05, 0) is 12.8 Å². The van der Waals surface area contributed by atoms with Crippen molar-refractivity contribution in [2.75, 3.05) is 52.9 Å². The average molecular weight is 316 g/mol. The summed E-state index contributed by atoms with van der Waals surface area (Å²) in [5.74, 6) is 0.0415. The Morgan fingerprint density at radius 2 is 1.57 bits per heavy atom. The number of rotatable bonds is 2. The first-order valence-corrected chi connectivity index (χ1v) is 9.14. The van der Waals surface area contributed by atoms with Crippen LogP contribution in [-0.4, -0.2) is 91.6 Å². The maximum atomic E-state index is 12.7. The summed E-state index contributed by atoms with van der Waals surface area (Å²) in [7, 11) is -1.62. The van der Waals surface area contributed by atoms with Crippen LogP contribution in [0.3, 0.4) is 0 Å². The third kappa shape index (κ3) is 2.81. The molecule has 0 aromatic heterocycles. The molecule has 3 fully saturated rings. The van der Waals surface area contributed by atoms with E-state index < -0.39 is 10.2 Å². The molecule has 120 valence electrons. The summed E-state index contributed by atoms with van der Waals surface area (Å²) in [5, 5.41) is 0. The van der Waals surface area contributed by atoms with Gasteiger partial charge in [0.2, 0.25) is 5.91 Å². The van der Waals surface area contributed by atoms with Gasteiger partial charge >= 0.3 is 0 Å². The Labute approximate surface area is 126 Å². The van der Waals surface area contributed by atoms with Gasteiger partial charge in [0, 0.05) is 52.9 Å². The van der Waals surface area contributed by atoms with E-state index in [9.17, 15) is 13.2 Å². The number of piperidine rings is 1. The molecule has 3 aliphatic heterocycles. The van der Waals surface area contributed by atoms with Gasteiger partial charge in [-0.2, -0.15) is 17.0 Å². The van der Waals surface area contributed by atoms with Crippen molar-refractivity contribution < 1.29 is 13.2 Å². The van der Waals surface area contributed by atoms with Crippen LogP contribution < -0.4 is 0 Å². The molecular weight excluding hydrogens is 292 g/mol. The van der Waals surface area contributed by atoms with Crippen molar-refractivity contribution in [1.82, 2.24) is 18.4 Å². The van der Waals surface area contributed by atoms with E-state index in [4.69, 9.17) is 0 Å². The molecule has 21 heavy (non-hydrogen) atoms. The number of fused-ring (bicyclic) bond motifs is 1. The van der Waals surface area contributed by atoms with Gasteiger partial charge < -0.3 is 4.90 Å². The summed E-state index contributed by atoms with van der Waals surface area (Å²) in [6.07, 6.45) is 2.97. The molecule has 3 saturated heterocycles. The molecule has 7 nitrogen and oxygen atoms in total. The Hall–Kier alpha value is -0.700. The molecule has 1 amide bonds. The van der Waals surface area contributed by atoms with Crippen molar-refractivity contribution in [2.45, 2.75) is 25.3 Å². The quantitative estimate of drug-likeness (QED) is 0.667. The minimum absolute atomic E-state index is 0.0415. The van der Waals surface area contributed by atoms with Crippen LogP contribution in [0.15, 0.2) is 0 Å². The van der Waals surface area contributed by atoms with Crippen LogP contribution in [0.25, 0.3) is 0 Å². The van der Waals surface area contributed by atoms with Gasteiger partial charge in [0.25, 0.3) is 10.2 Å². The number of hydrogen-bond donors (Lipinski definition) is 0. The molecule has 8 heteroatoms. The number of carbonyl (C=O) groups is 1. The van der Waals surface area contributed by atoms with E-state index in [2.05, 4.69) is 4.90 Å². The lowest BCUT2D eigenvalue weighted by Gasteiger charge is -2.45. The van der Waals surface area contributed by atoms with E-state index in [0.717, 1.165) is 32.4 Å². The fraction of sp³-hybridized carbons (Fsp3) is 0.923. The fourth-order valence-corrected chi connectivity index (χ4v) is 5.10. The first kappa shape index (κ1) is 15.2. The largest absolute Gasteiger partial charge is 0.343 e. The molecule has 0 aliphatic carbocycles. The van der Waals surface area contributed by atoms with Gasteiger partial charge in [-0.3, -0.25) is 9.69 Å². The zero-order valence-electron chi connectivity index (χ0n) is 12.6. The Bertz CT molecular complexity index is 504. The average Bonchev–Trinajstić information content (AvgIpc) is 2.51. The lowest BCUT2D eigenvalue weighted by atomic mass is 10.1. The summed E-state index contributed by atoms with van der Waals surface area (Å²) in [6.45, 7) is 4.23. The van der Waals surface area contributed by atoms with Gasteiger partial charge in [0.05, 0.1) is 0 Å². The molecule has 0 radical (unpaired) electrons. The molecule has 1 atom stereocenters. The summed E-state index contributed by atoms with van der Waals surface area (Å²) in [6, 6.07) is -0.308. The zero-order chi connectivity index (χ0) is 15.0. The molecule has 0 aromatic carbocycles. The standard InChI is InChI=1S/C13H24N4O3S/c1-14-7-8-15-9-10-17(11-12(15)13(14)18)21(19,20)16-5-3-2-4-6-16/h12H,2-11H2,1H3. The smallest absolute Gasteiger partial charge is 0.282 e. The predicted octanol–water partition coefficient (Wildman–Crippen LogP) is -0.825. The summed E-state index contributed by atoms with van der Waals surface area (Å²) < 4.78 is 28.5. The number of nitrogens with zero attached hydrogens (tertiary/aromatic N) is 4. The molecule has 3 rings (SSSR count). The monoisotopic (exact) mass is 316 g/mol. The van der Waals surface area contributed by atoms with Gasteiger partial charge in [-0.1, -0.05) is 6.42 Å². The van der Waals surface area contributed by atoms with Crippen LogP contribution in [0.5, 0.6) is 0 Å². The van der Waals surface area contributed by atoms with Crippen LogP contribution in [0.4, 0.5) is 0 Å². The molecule has 0 aromatic rings. The maximum Gasteiger partial charge on any atom is 0.282 e. The highest BCUT2D eigenvalue weighted by Crippen LogP contribution is 2.22. The van der Waals surface area contributed by atoms with Gasteiger partial charge in [-0.25, -0.2) is 0 Å². The second-order valence-corrected chi connectivity index (χ2v) is 8.07. The second-order valence-electron chi connectivity index (χ2n) is 6.14. The highest BCUT2D eigenvalue weighted by Gasteiger charge is 2.42. The predicted molar refractivity (Wildman–Crippen MR) is 78.9 cm³/mol. The molecule has 0 saturated carbocycles. The van der Waals surface area contributed by atoms with Crippen LogP contribution >= 0.6 is 0 Å². The van der Waals surface area contributed by atoms with Crippen molar-refractivity contribution in [3.05, 3.63) is 0 Å². The van der Waals surface area contributed by atoms with Crippen molar-refractivity contribution in [1.29, 1.82) is 0 Å². The highest BCUT2D eigenvalue weighted by molar-refractivity contribution is 7.86. The van der Waals surface area contributed by atoms with Crippen LogP contribution in [0.1, 0.15) is 19.3 Å². The van der Waals surface area contributed by atoms with Gasteiger partial charge in [-0.15, -0.1) is 0 Å². The number of carbonyl (C=O) groups excluding carboxylic acids is 1. The maximum absolute atomic E-state index is 12.7. The molecule has 0 N–H and O–H groups in total. The number of likely N-dealkylation sites (N-methyl/N-ethyl adjacent to an activating group) is 1. The molecule has 3 aliphatic rings. The third-order valence-electron chi connectivity index (χ3n) is 4.81. The van der Waals surface area contributed by atoms with E-state index in [-0.39, 0.29) is 11.9 Å². The number of amides is 1. The van der Waals surface area contributed by atoms with Crippen molar-refractivity contribution in [3.63, 3.8) is 0 Å². The van der Waals surface area contributed by atoms with Crippen molar-refractivity contribution in [2.24, 2.45) is 0 Å². The molecule has 3 heterocycles. The van der Waals surface area contributed by atoms with Gasteiger partial charge in [0.15, 0.2) is 0 Å². The van der Waals surface area contributed by atoms with Crippen molar-refractivity contribution >= 4 is 16.1 Å². The third-order valence-corrected chi connectivity index (χ3v) is 6.81. The molecular formula is C13H24N4O3S. The topological polar surface area (TPSA) is 64.2 Å². The summed E-state index contributed by atoms with van der Waals surface area (Å²) in [5.41, 5.74) is 0. The van der Waals surface area contributed by atoms with E-state index in [1.165, 1.54) is 4.31 Å². The first-order valence-electron chi connectivity index (χ1n) is 7.74. The molecule has 0 bridgehead atoms. The first-order chi connectivity index (χ1) is 10.00. The summed E-state index contributed by atoms with van der Waals surface area (Å²) in [4.78, 5) is 16.1. The van der Waals surface area contributed by atoms with E-state index in [0.29, 0.717) is 32.7 Å². The Kier molecular flexibility index (Phi) is 4.22. The van der Waals surface area contributed by atoms with E-state index in [1.807, 2.05) is 0 Å². The van der Waals surface area contributed by atoms with Crippen LogP contribution in [0.2, 0.25) is 0 Å². The Balaban J connectivity index is 1.73. The van der Waals surface area contributed by atoms with Crippen LogP contribution in [0, 0.1) is 0 Å². The van der Waals surface area contributed by atoms with Gasteiger partial charge in [0.1, 0.15) is 6.04 Å².